The average Bonchev–Trinajstić information content (AvgIpc) is 2.27. The number of carboxylic acids is 2. The van der Waals surface area contributed by atoms with E-state index in [1.807, 2.05) is 6.08 Å². The van der Waals surface area contributed by atoms with Crippen LogP contribution in [0.25, 0.3) is 0 Å². The molecule has 0 rings (SSSR count). The molecule has 0 amide bonds. The van der Waals surface area contributed by atoms with Gasteiger partial charge in [-0.1, -0.05) is 43.9 Å². The predicted molar refractivity (Wildman–Crippen MR) is 68.3 cm³/mol. The summed E-state index contributed by atoms with van der Waals surface area (Å²) in [6, 6.07) is 0. The minimum Gasteiger partial charge on any atom is -0.481 e. The molecule has 100 valence electrons. The Kier molecular flexibility index (Phi) is 16.1. The fourth-order valence-corrected chi connectivity index (χ4v) is 1.09. The summed E-state index contributed by atoms with van der Waals surface area (Å²) in [6.07, 6.45) is 7.86. The molecule has 4 nitrogen and oxygen atoms in total. The van der Waals surface area contributed by atoms with Gasteiger partial charge < -0.3 is 10.2 Å². The van der Waals surface area contributed by atoms with Gasteiger partial charge in [-0.2, -0.15) is 0 Å². The maximum absolute atomic E-state index is 9.64. The lowest BCUT2D eigenvalue weighted by Gasteiger charge is -1.92. The normalized spacial score (nSPS) is 9.76. The third-order valence-corrected chi connectivity index (χ3v) is 2.04. The summed E-state index contributed by atoms with van der Waals surface area (Å²) in [5.74, 6) is -2.15. The largest absolute Gasteiger partial charge is 0.481 e. The van der Waals surface area contributed by atoms with E-state index in [1.165, 1.54) is 25.7 Å². The van der Waals surface area contributed by atoms with Crippen LogP contribution in [0.4, 0.5) is 0 Å². The molecule has 2 N–H and O–H groups in total. The minimum atomic E-state index is -1.08. The molecule has 0 saturated carbocycles. The molecule has 0 saturated heterocycles. The van der Waals surface area contributed by atoms with Gasteiger partial charge in [0.25, 0.3) is 0 Å². The molecule has 0 fully saturated rings. The van der Waals surface area contributed by atoms with Crippen molar-refractivity contribution in [3.63, 3.8) is 0 Å². The maximum atomic E-state index is 9.64. The SMILES string of the molecule is CCCCCC/C=C/Cl.O=C(O)CCC(=O)O. The molecule has 0 radical (unpaired) electrons. The second-order valence-electron chi connectivity index (χ2n) is 3.50. The Hall–Kier alpha value is -1.03. The quantitative estimate of drug-likeness (QED) is 0.656. The highest BCUT2D eigenvalue weighted by Crippen LogP contribution is 2.02. The smallest absolute Gasteiger partial charge is 0.303 e. The molecule has 0 unspecified atom stereocenters. The topological polar surface area (TPSA) is 74.6 Å². The Morgan fingerprint density at radius 2 is 1.59 bits per heavy atom. The number of unbranched alkanes of at least 4 members (excludes halogenated alkanes) is 4. The van der Waals surface area contributed by atoms with Crippen LogP contribution in [0.5, 0.6) is 0 Å². The highest BCUT2D eigenvalue weighted by atomic mass is 35.5. The van der Waals surface area contributed by atoms with Crippen molar-refractivity contribution >= 4 is 23.5 Å². The first-order chi connectivity index (χ1) is 8.04. The van der Waals surface area contributed by atoms with E-state index in [1.54, 1.807) is 5.54 Å². The van der Waals surface area contributed by atoms with E-state index in [2.05, 4.69) is 6.92 Å². The summed E-state index contributed by atoms with van der Waals surface area (Å²) in [7, 11) is 0. The molecule has 0 spiro atoms. The van der Waals surface area contributed by atoms with Crippen LogP contribution in [-0.4, -0.2) is 22.2 Å². The number of rotatable bonds is 8. The van der Waals surface area contributed by atoms with E-state index < -0.39 is 11.9 Å². The van der Waals surface area contributed by atoms with Crippen LogP contribution >= 0.6 is 11.6 Å². The van der Waals surface area contributed by atoms with Crippen LogP contribution < -0.4 is 0 Å². The summed E-state index contributed by atoms with van der Waals surface area (Å²) >= 11 is 5.33. The number of aliphatic carboxylic acids is 2. The van der Waals surface area contributed by atoms with Gasteiger partial charge in [0.05, 0.1) is 12.8 Å². The highest BCUT2D eigenvalue weighted by molar-refractivity contribution is 6.25. The third kappa shape index (κ3) is 25.3. The molecule has 0 aliphatic heterocycles. The van der Waals surface area contributed by atoms with Gasteiger partial charge in [0.15, 0.2) is 0 Å². The van der Waals surface area contributed by atoms with Crippen LogP contribution in [0.1, 0.15) is 51.9 Å². The van der Waals surface area contributed by atoms with Crippen molar-refractivity contribution in [2.75, 3.05) is 0 Å². The number of allylic oxidation sites excluding steroid dienone is 1. The number of hydrogen-bond acceptors (Lipinski definition) is 2. The summed E-state index contributed by atoms with van der Waals surface area (Å²) in [4.78, 5) is 19.3. The lowest BCUT2D eigenvalue weighted by molar-refractivity contribution is -0.143. The van der Waals surface area contributed by atoms with Gasteiger partial charge >= 0.3 is 11.9 Å². The minimum absolute atomic E-state index is 0.296. The molecule has 0 aliphatic carbocycles. The van der Waals surface area contributed by atoms with Crippen LogP contribution in [-0.2, 0) is 9.59 Å². The fraction of sp³-hybridized carbons (Fsp3) is 0.667. The summed E-state index contributed by atoms with van der Waals surface area (Å²) < 4.78 is 0. The lowest BCUT2D eigenvalue weighted by Crippen LogP contribution is -2.00. The van der Waals surface area contributed by atoms with Crippen molar-refractivity contribution in [3.8, 4) is 0 Å². The summed E-state index contributed by atoms with van der Waals surface area (Å²) in [6.45, 7) is 2.22. The Labute approximate surface area is 107 Å². The van der Waals surface area contributed by atoms with Crippen LogP contribution in [0.2, 0.25) is 0 Å². The van der Waals surface area contributed by atoms with Gasteiger partial charge in [-0.25, -0.2) is 0 Å². The molecule has 5 heteroatoms. The first-order valence-corrected chi connectivity index (χ1v) is 6.17. The second-order valence-corrected chi connectivity index (χ2v) is 3.75. The second kappa shape index (κ2) is 15.0. The first-order valence-electron chi connectivity index (χ1n) is 5.73. The Balaban J connectivity index is 0. The van der Waals surface area contributed by atoms with Gasteiger partial charge in [0.1, 0.15) is 0 Å². The van der Waals surface area contributed by atoms with Crippen molar-refractivity contribution < 1.29 is 19.8 Å². The number of hydrogen-bond donors (Lipinski definition) is 2. The lowest BCUT2D eigenvalue weighted by atomic mass is 10.2. The van der Waals surface area contributed by atoms with Gasteiger partial charge in [-0.15, -0.1) is 0 Å². The maximum Gasteiger partial charge on any atom is 0.303 e. The predicted octanol–water partition coefficient (Wildman–Crippen LogP) is 3.65. The first kappa shape index (κ1) is 18.3. The molecular weight excluding hydrogens is 244 g/mol. The van der Waals surface area contributed by atoms with E-state index in [-0.39, 0.29) is 12.8 Å². The zero-order chi connectivity index (χ0) is 13.5. The standard InChI is InChI=1S/C8H15Cl.C4H6O4/c1-2-3-4-5-6-7-8-9;5-3(6)1-2-4(7)8/h7-8H,2-6H2,1H3;1-2H2,(H,5,6)(H,7,8)/b8-7+;. The molecule has 17 heavy (non-hydrogen) atoms. The Bertz CT molecular complexity index is 213. The average molecular weight is 265 g/mol. The van der Waals surface area contributed by atoms with Crippen molar-refractivity contribution in [1.82, 2.24) is 0 Å². The molecule has 0 atom stereocenters. The van der Waals surface area contributed by atoms with Crippen LogP contribution in [0.3, 0.4) is 0 Å². The summed E-state index contributed by atoms with van der Waals surface area (Å²) in [5.41, 5.74) is 1.60. The van der Waals surface area contributed by atoms with Gasteiger partial charge in [-0.3, -0.25) is 9.59 Å². The zero-order valence-electron chi connectivity index (χ0n) is 10.2. The highest BCUT2D eigenvalue weighted by Gasteiger charge is 2.00. The van der Waals surface area contributed by atoms with E-state index in [0.29, 0.717) is 0 Å². The van der Waals surface area contributed by atoms with Crippen LogP contribution in [0, 0.1) is 0 Å². The molecule has 0 aromatic heterocycles. The molecule has 0 aromatic rings. The molecule has 0 heterocycles. The zero-order valence-corrected chi connectivity index (χ0v) is 10.9. The number of carbonyl (C=O) groups is 2. The van der Waals surface area contributed by atoms with Gasteiger partial charge in [0.2, 0.25) is 0 Å². The van der Waals surface area contributed by atoms with Crippen molar-refractivity contribution in [3.05, 3.63) is 11.6 Å². The van der Waals surface area contributed by atoms with Crippen molar-refractivity contribution in [2.45, 2.75) is 51.9 Å². The molecule has 0 bridgehead atoms. The van der Waals surface area contributed by atoms with E-state index in [0.717, 1.165) is 6.42 Å². The summed E-state index contributed by atoms with van der Waals surface area (Å²) in [5, 5.41) is 15.8. The fourth-order valence-electron chi connectivity index (χ4n) is 0.966. The molecule has 0 aromatic carbocycles. The van der Waals surface area contributed by atoms with Gasteiger partial charge in [-0.05, 0) is 12.8 Å². The van der Waals surface area contributed by atoms with Crippen molar-refractivity contribution in [1.29, 1.82) is 0 Å². The monoisotopic (exact) mass is 264 g/mol. The van der Waals surface area contributed by atoms with Crippen molar-refractivity contribution in [2.24, 2.45) is 0 Å². The Morgan fingerprint density at radius 1 is 1.06 bits per heavy atom. The molecular formula is C12H21ClO4. The van der Waals surface area contributed by atoms with E-state index in [4.69, 9.17) is 21.8 Å². The van der Waals surface area contributed by atoms with E-state index >= 15 is 0 Å². The Morgan fingerprint density at radius 3 is 1.94 bits per heavy atom. The van der Waals surface area contributed by atoms with Crippen LogP contribution in [0.15, 0.2) is 11.6 Å². The number of carboxylic acid groups (broad SMARTS) is 2. The molecule has 0 aliphatic rings. The van der Waals surface area contributed by atoms with E-state index in [9.17, 15) is 9.59 Å². The number of halogens is 1. The van der Waals surface area contributed by atoms with Gasteiger partial charge in [0, 0.05) is 5.54 Å². The third-order valence-electron chi connectivity index (χ3n) is 1.87.